The molecule has 1 unspecified atom stereocenters. The molecule has 0 saturated carbocycles. The third kappa shape index (κ3) is 2.76. The first-order valence-electron chi connectivity index (χ1n) is 6.81. The van der Waals surface area contributed by atoms with Crippen molar-refractivity contribution >= 4 is 11.8 Å². The summed E-state index contributed by atoms with van der Waals surface area (Å²) >= 11 is 0. The second-order valence-electron chi connectivity index (χ2n) is 4.95. The van der Waals surface area contributed by atoms with Crippen molar-refractivity contribution in [2.45, 2.75) is 5.92 Å². The molecule has 5 heteroatoms. The van der Waals surface area contributed by atoms with E-state index in [0.717, 1.165) is 5.56 Å². The molecule has 0 radical (unpaired) electrons. The highest BCUT2D eigenvalue weighted by atomic mass is 16.2. The predicted molar refractivity (Wildman–Crippen MR) is 78.1 cm³/mol. The van der Waals surface area contributed by atoms with Crippen LogP contribution in [0.3, 0.4) is 0 Å². The normalized spacial score (nSPS) is 16.8. The van der Waals surface area contributed by atoms with Gasteiger partial charge in [-0.05, 0) is 23.8 Å². The Morgan fingerprint density at radius 3 is 2.95 bits per heavy atom. The molecule has 2 N–H and O–H groups in total. The molecule has 1 aliphatic rings. The van der Waals surface area contributed by atoms with Crippen molar-refractivity contribution in [2.75, 3.05) is 13.1 Å². The number of hydrogen-bond donors (Lipinski definition) is 2. The van der Waals surface area contributed by atoms with Gasteiger partial charge in [0.25, 0.3) is 11.8 Å². The highest BCUT2D eigenvalue weighted by molar-refractivity contribution is 5.97. The van der Waals surface area contributed by atoms with Gasteiger partial charge in [0.1, 0.15) is 0 Å². The van der Waals surface area contributed by atoms with E-state index in [-0.39, 0.29) is 17.7 Å². The van der Waals surface area contributed by atoms with E-state index in [1.54, 1.807) is 24.4 Å². The molecule has 0 saturated heterocycles. The van der Waals surface area contributed by atoms with E-state index in [1.807, 2.05) is 18.2 Å². The second kappa shape index (κ2) is 5.75. The molecular formula is C16H15N3O2. The number of amides is 2. The number of rotatable bonds is 3. The van der Waals surface area contributed by atoms with Crippen LogP contribution in [0, 0.1) is 0 Å². The zero-order valence-electron chi connectivity index (χ0n) is 11.4. The van der Waals surface area contributed by atoms with Crippen LogP contribution in [0.15, 0.2) is 48.8 Å². The fraction of sp³-hybridized carbons (Fsp3) is 0.188. The summed E-state index contributed by atoms with van der Waals surface area (Å²) in [7, 11) is 0. The van der Waals surface area contributed by atoms with Gasteiger partial charge in [0.15, 0.2) is 0 Å². The van der Waals surface area contributed by atoms with Crippen LogP contribution in [0.5, 0.6) is 0 Å². The Hall–Kier alpha value is -2.69. The summed E-state index contributed by atoms with van der Waals surface area (Å²) in [5, 5.41) is 5.74. The number of nitrogens with zero attached hydrogens (tertiary/aromatic N) is 1. The molecule has 0 aliphatic carbocycles. The van der Waals surface area contributed by atoms with Crippen LogP contribution < -0.4 is 10.6 Å². The van der Waals surface area contributed by atoms with Crippen molar-refractivity contribution in [2.24, 2.45) is 0 Å². The van der Waals surface area contributed by atoms with Gasteiger partial charge in [0.05, 0.1) is 5.56 Å². The maximum Gasteiger partial charge on any atom is 0.252 e. The topological polar surface area (TPSA) is 71.1 Å². The number of aromatic nitrogens is 1. The van der Waals surface area contributed by atoms with E-state index in [1.165, 1.54) is 6.20 Å². The standard InChI is InChI=1S/C16H15N3O2/c20-15(11-4-3-7-17-8-11)18-9-12-10-19-16(21)14-6-2-1-5-13(12)14/h1-8,12H,9-10H2,(H,18,20)(H,19,21). The predicted octanol–water partition coefficient (Wildman–Crippen LogP) is 1.34. The lowest BCUT2D eigenvalue weighted by molar-refractivity contribution is 0.0935. The second-order valence-corrected chi connectivity index (χ2v) is 4.95. The number of nitrogens with one attached hydrogen (secondary N) is 2. The molecular weight excluding hydrogens is 266 g/mol. The zero-order chi connectivity index (χ0) is 14.7. The highest BCUT2D eigenvalue weighted by Gasteiger charge is 2.24. The first-order valence-corrected chi connectivity index (χ1v) is 6.81. The average molecular weight is 281 g/mol. The van der Waals surface area contributed by atoms with Crippen molar-refractivity contribution in [1.29, 1.82) is 0 Å². The van der Waals surface area contributed by atoms with E-state index in [0.29, 0.717) is 24.2 Å². The van der Waals surface area contributed by atoms with Crippen LogP contribution in [0.25, 0.3) is 0 Å². The smallest absolute Gasteiger partial charge is 0.252 e. The maximum atomic E-state index is 12.0. The molecule has 0 fully saturated rings. The Morgan fingerprint density at radius 2 is 2.14 bits per heavy atom. The number of pyridine rings is 1. The number of fused-ring (bicyclic) bond motifs is 1. The molecule has 106 valence electrons. The SMILES string of the molecule is O=C(NCC1CNC(=O)c2ccccc21)c1cccnc1. The van der Waals surface area contributed by atoms with E-state index in [4.69, 9.17) is 0 Å². The molecule has 2 heterocycles. The molecule has 2 amide bonds. The summed E-state index contributed by atoms with van der Waals surface area (Å²) < 4.78 is 0. The summed E-state index contributed by atoms with van der Waals surface area (Å²) in [6.45, 7) is 1.01. The Balaban J connectivity index is 1.71. The van der Waals surface area contributed by atoms with Crippen LogP contribution in [-0.4, -0.2) is 29.9 Å². The van der Waals surface area contributed by atoms with Gasteiger partial charge in [0, 0.05) is 37.0 Å². The lowest BCUT2D eigenvalue weighted by Gasteiger charge is -2.25. The third-order valence-electron chi connectivity index (χ3n) is 3.59. The molecule has 3 rings (SSSR count). The Kier molecular flexibility index (Phi) is 3.64. The Morgan fingerprint density at radius 1 is 1.29 bits per heavy atom. The minimum absolute atomic E-state index is 0.0552. The molecule has 1 aromatic heterocycles. The number of carbonyl (C=O) groups excluding carboxylic acids is 2. The third-order valence-corrected chi connectivity index (χ3v) is 3.59. The van der Waals surface area contributed by atoms with Crippen molar-refractivity contribution in [3.05, 3.63) is 65.5 Å². The molecule has 1 atom stereocenters. The van der Waals surface area contributed by atoms with E-state index < -0.39 is 0 Å². The monoisotopic (exact) mass is 281 g/mol. The number of hydrogen-bond acceptors (Lipinski definition) is 3. The minimum Gasteiger partial charge on any atom is -0.351 e. The van der Waals surface area contributed by atoms with Crippen molar-refractivity contribution in [1.82, 2.24) is 15.6 Å². The fourth-order valence-corrected chi connectivity index (χ4v) is 2.48. The largest absolute Gasteiger partial charge is 0.351 e. The van der Waals surface area contributed by atoms with Gasteiger partial charge in [-0.25, -0.2) is 0 Å². The molecule has 5 nitrogen and oxygen atoms in total. The summed E-state index contributed by atoms with van der Waals surface area (Å²) in [5.41, 5.74) is 2.20. The lowest BCUT2D eigenvalue weighted by Crippen LogP contribution is -2.40. The van der Waals surface area contributed by atoms with Gasteiger partial charge in [-0.3, -0.25) is 14.6 Å². The van der Waals surface area contributed by atoms with Gasteiger partial charge >= 0.3 is 0 Å². The average Bonchev–Trinajstić information content (AvgIpc) is 2.55. The van der Waals surface area contributed by atoms with Gasteiger partial charge in [-0.1, -0.05) is 18.2 Å². The van der Waals surface area contributed by atoms with Gasteiger partial charge < -0.3 is 10.6 Å². The van der Waals surface area contributed by atoms with Crippen molar-refractivity contribution < 1.29 is 9.59 Å². The van der Waals surface area contributed by atoms with Crippen molar-refractivity contribution in [3.63, 3.8) is 0 Å². The quantitative estimate of drug-likeness (QED) is 0.892. The van der Waals surface area contributed by atoms with Crippen molar-refractivity contribution in [3.8, 4) is 0 Å². The summed E-state index contributed by atoms with van der Waals surface area (Å²) in [6.07, 6.45) is 3.16. The van der Waals surface area contributed by atoms with Gasteiger partial charge in [0.2, 0.25) is 0 Å². The lowest BCUT2D eigenvalue weighted by atomic mass is 9.90. The van der Waals surface area contributed by atoms with Gasteiger partial charge in [-0.15, -0.1) is 0 Å². The van der Waals surface area contributed by atoms with Crippen LogP contribution in [0.1, 0.15) is 32.2 Å². The molecule has 2 aromatic rings. The first kappa shape index (κ1) is 13.3. The molecule has 1 aliphatic heterocycles. The fourth-order valence-electron chi connectivity index (χ4n) is 2.48. The molecule has 21 heavy (non-hydrogen) atoms. The van der Waals surface area contributed by atoms with E-state index in [9.17, 15) is 9.59 Å². The van der Waals surface area contributed by atoms with E-state index in [2.05, 4.69) is 15.6 Å². The summed E-state index contributed by atoms with van der Waals surface area (Å²) in [6, 6.07) is 10.9. The van der Waals surface area contributed by atoms with Crippen LogP contribution in [-0.2, 0) is 0 Å². The van der Waals surface area contributed by atoms with Crippen LogP contribution in [0.2, 0.25) is 0 Å². The minimum atomic E-state index is -0.155. The van der Waals surface area contributed by atoms with Crippen LogP contribution in [0.4, 0.5) is 0 Å². The molecule has 1 aromatic carbocycles. The number of carbonyl (C=O) groups is 2. The summed E-state index contributed by atoms with van der Waals surface area (Å²) in [5.74, 6) is -0.127. The maximum absolute atomic E-state index is 12.0. The highest BCUT2D eigenvalue weighted by Crippen LogP contribution is 2.23. The zero-order valence-corrected chi connectivity index (χ0v) is 11.4. The Bertz CT molecular complexity index is 670. The molecule has 0 bridgehead atoms. The first-order chi connectivity index (χ1) is 10.3. The van der Waals surface area contributed by atoms with Gasteiger partial charge in [-0.2, -0.15) is 0 Å². The molecule has 0 spiro atoms. The number of benzene rings is 1. The van der Waals surface area contributed by atoms with Crippen LogP contribution >= 0.6 is 0 Å². The Labute approximate surface area is 122 Å². The summed E-state index contributed by atoms with van der Waals surface area (Å²) in [4.78, 5) is 27.7. The van der Waals surface area contributed by atoms with E-state index >= 15 is 0 Å².